The zero-order valence-electron chi connectivity index (χ0n) is 13.0. The van der Waals surface area contributed by atoms with Gasteiger partial charge in [0, 0.05) is 22.7 Å². The SMILES string of the molecule is Cc1ccc(N2C(=S)NC3CC2(C)Oc2ccc(Cl)cc23)cc1. The fourth-order valence-electron chi connectivity index (χ4n) is 3.43. The largest absolute Gasteiger partial charge is 0.467 e. The molecular weight excluding hydrogens is 328 g/mol. The molecule has 2 aliphatic heterocycles. The normalized spacial score (nSPS) is 25.4. The first-order valence-electron chi connectivity index (χ1n) is 7.62. The molecule has 2 aliphatic rings. The van der Waals surface area contributed by atoms with Crippen molar-refractivity contribution < 1.29 is 4.74 Å². The van der Waals surface area contributed by atoms with Gasteiger partial charge in [0.25, 0.3) is 0 Å². The Balaban J connectivity index is 1.79. The molecule has 0 aromatic heterocycles. The Morgan fingerprint density at radius 2 is 2.00 bits per heavy atom. The maximum absolute atomic E-state index is 6.35. The fourth-order valence-corrected chi connectivity index (χ4v) is 4.05. The lowest BCUT2D eigenvalue weighted by Gasteiger charge is -2.52. The molecule has 2 aromatic carbocycles. The summed E-state index contributed by atoms with van der Waals surface area (Å²) in [5, 5.41) is 4.83. The van der Waals surface area contributed by atoms with Crippen LogP contribution in [-0.2, 0) is 0 Å². The molecular formula is C18H17ClN2OS. The number of rotatable bonds is 1. The number of anilines is 1. The molecule has 0 aliphatic carbocycles. The van der Waals surface area contributed by atoms with E-state index < -0.39 is 5.72 Å². The molecule has 0 spiro atoms. The summed E-state index contributed by atoms with van der Waals surface area (Å²) in [5.41, 5.74) is 2.81. The standard InChI is InChI=1S/C18H17ClN2OS/c1-11-3-6-13(7-4-11)21-17(23)20-15-10-18(21,2)22-16-8-5-12(19)9-14(15)16/h3-9,15H,10H2,1-2H3,(H,20,23). The van der Waals surface area contributed by atoms with Crippen LogP contribution in [0, 0.1) is 6.92 Å². The van der Waals surface area contributed by atoms with E-state index in [0.717, 1.165) is 23.4 Å². The summed E-state index contributed by atoms with van der Waals surface area (Å²) in [6, 6.07) is 14.2. The van der Waals surface area contributed by atoms with Crippen LogP contribution in [0.3, 0.4) is 0 Å². The van der Waals surface area contributed by atoms with E-state index in [0.29, 0.717) is 10.1 Å². The van der Waals surface area contributed by atoms with Crippen molar-refractivity contribution in [1.82, 2.24) is 5.32 Å². The molecule has 2 aromatic rings. The van der Waals surface area contributed by atoms with Crippen molar-refractivity contribution in [1.29, 1.82) is 0 Å². The van der Waals surface area contributed by atoms with Crippen molar-refractivity contribution in [3.8, 4) is 5.75 Å². The minimum Gasteiger partial charge on any atom is -0.467 e. The summed E-state index contributed by atoms with van der Waals surface area (Å²) in [6.07, 6.45) is 0.800. The molecule has 2 heterocycles. The summed E-state index contributed by atoms with van der Waals surface area (Å²) in [7, 11) is 0. The molecule has 2 unspecified atom stereocenters. The van der Waals surface area contributed by atoms with Crippen LogP contribution in [0.5, 0.6) is 5.75 Å². The predicted molar refractivity (Wildman–Crippen MR) is 97.2 cm³/mol. The van der Waals surface area contributed by atoms with Gasteiger partial charge in [-0.25, -0.2) is 0 Å². The van der Waals surface area contributed by atoms with Gasteiger partial charge in [0.05, 0.1) is 6.04 Å². The molecule has 4 rings (SSSR count). The lowest BCUT2D eigenvalue weighted by Crippen LogP contribution is -2.65. The zero-order valence-corrected chi connectivity index (χ0v) is 14.5. The van der Waals surface area contributed by atoms with E-state index in [9.17, 15) is 0 Å². The summed E-state index contributed by atoms with van der Waals surface area (Å²) in [4.78, 5) is 2.07. The van der Waals surface area contributed by atoms with Crippen LogP contribution < -0.4 is 15.0 Å². The van der Waals surface area contributed by atoms with Gasteiger partial charge >= 0.3 is 0 Å². The number of hydrogen-bond acceptors (Lipinski definition) is 2. The van der Waals surface area contributed by atoms with Crippen molar-refractivity contribution in [3.05, 3.63) is 58.6 Å². The van der Waals surface area contributed by atoms with Crippen LogP contribution in [0.2, 0.25) is 5.02 Å². The molecule has 5 heteroatoms. The van der Waals surface area contributed by atoms with Gasteiger partial charge in [-0.05, 0) is 56.4 Å². The molecule has 23 heavy (non-hydrogen) atoms. The summed E-state index contributed by atoms with van der Waals surface area (Å²) >= 11 is 11.8. The maximum Gasteiger partial charge on any atom is 0.188 e. The van der Waals surface area contributed by atoms with E-state index >= 15 is 0 Å². The van der Waals surface area contributed by atoms with E-state index in [1.807, 2.05) is 18.2 Å². The minimum absolute atomic E-state index is 0.122. The summed E-state index contributed by atoms with van der Waals surface area (Å²) < 4.78 is 6.35. The highest BCUT2D eigenvalue weighted by Gasteiger charge is 2.48. The number of nitrogens with zero attached hydrogens (tertiary/aromatic N) is 1. The first-order valence-corrected chi connectivity index (χ1v) is 8.41. The quantitative estimate of drug-likeness (QED) is 0.765. The van der Waals surface area contributed by atoms with Crippen LogP contribution in [0.25, 0.3) is 0 Å². The van der Waals surface area contributed by atoms with Crippen molar-refractivity contribution in [2.75, 3.05) is 4.90 Å². The highest BCUT2D eigenvalue weighted by atomic mass is 35.5. The lowest BCUT2D eigenvalue weighted by atomic mass is 9.90. The highest BCUT2D eigenvalue weighted by molar-refractivity contribution is 7.80. The Labute approximate surface area is 146 Å². The smallest absolute Gasteiger partial charge is 0.188 e. The molecule has 3 nitrogen and oxygen atoms in total. The van der Waals surface area contributed by atoms with E-state index in [4.69, 9.17) is 28.6 Å². The average molecular weight is 345 g/mol. The second kappa shape index (κ2) is 5.11. The molecule has 1 N–H and O–H groups in total. The number of thiocarbonyl (C=S) groups is 1. The van der Waals surface area contributed by atoms with Gasteiger partial charge in [-0.2, -0.15) is 0 Å². The van der Waals surface area contributed by atoms with E-state index in [1.54, 1.807) is 0 Å². The Bertz CT molecular complexity index is 792. The summed E-state index contributed by atoms with van der Waals surface area (Å²) in [6.45, 7) is 4.16. The third-order valence-electron chi connectivity index (χ3n) is 4.53. The Morgan fingerprint density at radius 3 is 2.74 bits per heavy atom. The Kier molecular flexibility index (Phi) is 3.29. The molecule has 0 saturated carbocycles. The number of benzene rings is 2. The van der Waals surface area contributed by atoms with Gasteiger partial charge in [-0.15, -0.1) is 0 Å². The van der Waals surface area contributed by atoms with Gasteiger partial charge in [0.2, 0.25) is 0 Å². The highest BCUT2D eigenvalue weighted by Crippen LogP contribution is 2.46. The van der Waals surface area contributed by atoms with Crippen molar-refractivity contribution >= 4 is 34.6 Å². The second-order valence-electron chi connectivity index (χ2n) is 6.34. The van der Waals surface area contributed by atoms with Crippen LogP contribution >= 0.6 is 23.8 Å². The predicted octanol–water partition coefficient (Wildman–Crippen LogP) is 4.58. The van der Waals surface area contributed by atoms with Gasteiger partial charge in [0.1, 0.15) is 5.75 Å². The fraction of sp³-hybridized carbons (Fsp3) is 0.278. The number of fused-ring (bicyclic) bond motifs is 4. The van der Waals surface area contributed by atoms with Crippen LogP contribution in [0.15, 0.2) is 42.5 Å². The third kappa shape index (κ3) is 2.37. The van der Waals surface area contributed by atoms with Gasteiger partial charge in [-0.3, -0.25) is 4.90 Å². The molecule has 1 fully saturated rings. The maximum atomic E-state index is 6.35. The van der Waals surface area contributed by atoms with Crippen LogP contribution in [-0.4, -0.2) is 10.8 Å². The molecule has 2 bridgehead atoms. The minimum atomic E-state index is -0.511. The van der Waals surface area contributed by atoms with E-state index in [2.05, 4.69) is 48.3 Å². The number of nitrogens with one attached hydrogen (secondary N) is 1. The second-order valence-corrected chi connectivity index (χ2v) is 7.16. The zero-order chi connectivity index (χ0) is 16.2. The van der Waals surface area contributed by atoms with Crippen molar-refractivity contribution in [2.24, 2.45) is 0 Å². The van der Waals surface area contributed by atoms with E-state index in [-0.39, 0.29) is 6.04 Å². The topological polar surface area (TPSA) is 24.5 Å². The Morgan fingerprint density at radius 1 is 1.26 bits per heavy atom. The summed E-state index contributed by atoms with van der Waals surface area (Å²) in [5.74, 6) is 0.861. The number of ether oxygens (including phenoxy) is 1. The van der Waals surface area contributed by atoms with E-state index in [1.165, 1.54) is 5.56 Å². The molecule has 2 atom stereocenters. The van der Waals surface area contributed by atoms with Crippen LogP contribution in [0.4, 0.5) is 5.69 Å². The number of halogens is 1. The van der Waals surface area contributed by atoms with Crippen molar-refractivity contribution in [3.63, 3.8) is 0 Å². The van der Waals surface area contributed by atoms with Gasteiger partial charge in [-0.1, -0.05) is 29.3 Å². The average Bonchev–Trinajstić information content (AvgIpc) is 2.49. The van der Waals surface area contributed by atoms with Crippen molar-refractivity contribution in [2.45, 2.75) is 32.0 Å². The molecule has 118 valence electrons. The third-order valence-corrected chi connectivity index (χ3v) is 5.06. The molecule has 0 amide bonds. The number of hydrogen-bond donors (Lipinski definition) is 1. The monoisotopic (exact) mass is 344 g/mol. The molecule has 1 saturated heterocycles. The van der Waals surface area contributed by atoms with Crippen LogP contribution in [0.1, 0.15) is 30.5 Å². The lowest BCUT2D eigenvalue weighted by molar-refractivity contribution is 0.0498. The Hall–Kier alpha value is -1.78. The first-order chi connectivity index (χ1) is 11.0. The van der Waals surface area contributed by atoms with Gasteiger partial charge in [0.15, 0.2) is 10.8 Å². The number of aryl methyl sites for hydroxylation is 1. The molecule has 0 radical (unpaired) electrons. The first kappa shape index (κ1) is 14.8. The van der Waals surface area contributed by atoms with Gasteiger partial charge < -0.3 is 10.1 Å².